The van der Waals surface area contributed by atoms with E-state index >= 15 is 0 Å². The molecule has 2 fully saturated rings. The van der Waals surface area contributed by atoms with Crippen molar-refractivity contribution in [2.75, 3.05) is 19.6 Å². The van der Waals surface area contributed by atoms with E-state index in [0.29, 0.717) is 6.04 Å². The lowest BCUT2D eigenvalue weighted by atomic mass is 9.91. The number of hydrogen-bond acceptors (Lipinski definition) is 3. The number of pyridine rings is 1. The smallest absolute Gasteiger partial charge is 0.0379 e. The third kappa shape index (κ3) is 2.59. The van der Waals surface area contributed by atoms with Crippen LogP contribution >= 0.6 is 0 Å². The predicted octanol–water partition coefficient (Wildman–Crippen LogP) is 2.47. The van der Waals surface area contributed by atoms with Crippen LogP contribution in [0.4, 0.5) is 0 Å². The van der Waals surface area contributed by atoms with Crippen molar-refractivity contribution in [1.29, 1.82) is 0 Å². The monoisotopic (exact) mass is 279 g/mol. The maximum atomic E-state index is 4.28. The molecule has 0 bridgehead atoms. The zero-order valence-electron chi connectivity index (χ0n) is 12.2. The third-order valence-corrected chi connectivity index (χ3v) is 4.89. The molecular weight excluding hydrogens is 258 g/mol. The van der Waals surface area contributed by atoms with Crippen LogP contribution < -0.4 is 5.32 Å². The van der Waals surface area contributed by atoms with E-state index in [0.717, 1.165) is 24.9 Å². The van der Waals surface area contributed by atoms with Crippen molar-refractivity contribution in [2.45, 2.75) is 12.6 Å². The van der Waals surface area contributed by atoms with Gasteiger partial charge in [-0.15, -0.1) is 0 Å². The molecule has 3 heteroatoms. The molecule has 0 amide bonds. The van der Waals surface area contributed by atoms with Crippen LogP contribution in [-0.4, -0.2) is 29.5 Å². The summed E-state index contributed by atoms with van der Waals surface area (Å²) in [6.45, 7) is 4.61. The van der Waals surface area contributed by atoms with Gasteiger partial charge in [-0.1, -0.05) is 36.4 Å². The van der Waals surface area contributed by atoms with E-state index < -0.39 is 0 Å². The Bertz CT molecular complexity index is 584. The number of hydrogen-bond donors (Lipinski definition) is 1. The average molecular weight is 279 g/mol. The second-order valence-corrected chi connectivity index (χ2v) is 6.28. The number of likely N-dealkylation sites (tertiary alicyclic amines) is 1. The summed E-state index contributed by atoms with van der Waals surface area (Å²) >= 11 is 0. The molecule has 3 nitrogen and oxygen atoms in total. The van der Waals surface area contributed by atoms with Crippen LogP contribution in [0, 0.1) is 11.8 Å². The van der Waals surface area contributed by atoms with Crippen molar-refractivity contribution in [2.24, 2.45) is 11.8 Å². The Labute approximate surface area is 126 Å². The van der Waals surface area contributed by atoms with Gasteiger partial charge in [0, 0.05) is 44.6 Å². The van der Waals surface area contributed by atoms with Gasteiger partial charge in [0.1, 0.15) is 0 Å². The van der Waals surface area contributed by atoms with Gasteiger partial charge in [0.05, 0.1) is 0 Å². The number of nitrogens with zero attached hydrogens (tertiary/aromatic N) is 2. The molecule has 3 heterocycles. The van der Waals surface area contributed by atoms with Crippen molar-refractivity contribution in [3.63, 3.8) is 0 Å². The molecule has 2 saturated heterocycles. The largest absolute Gasteiger partial charge is 0.309 e. The van der Waals surface area contributed by atoms with Crippen LogP contribution in [0.1, 0.15) is 17.2 Å². The quantitative estimate of drug-likeness (QED) is 0.935. The first kappa shape index (κ1) is 13.0. The van der Waals surface area contributed by atoms with E-state index in [2.05, 4.69) is 51.6 Å². The molecule has 0 saturated carbocycles. The summed E-state index contributed by atoms with van der Waals surface area (Å²) in [7, 11) is 0. The van der Waals surface area contributed by atoms with E-state index in [9.17, 15) is 0 Å². The maximum Gasteiger partial charge on any atom is 0.0379 e. The van der Waals surface area contributed by atoms with E-state index in [1.807, 2.05) is 18.5 Å². The van der Waals surface area contributed by atoms with Crippen molar-refractivity contribution in [1.82, 2.24) is 15.2 Å². The zero-order valence-corrected chi connectivity index (χ0v) is 12.2. The van der Waals surface area contributed by atoms with Gasteiger partial charge in [-0.05, 0) is 29.0 Å². The fourth-order valence-electron chi connectivity index (χ4n) is 3.91. The molecule has 4 rings (SSSR count). The zero-order chi connectivity index (χ0) is 14.1. The molecule has 1 aromatic heterocycles. The molecule has 0 radical (unpaired) electrons. The lowest BCUT2D eigenvalue weighted by molar-refractivity contribution is 0.294. The molecule has 21 heavy (non-hydrogen) atoms. The SMILES string of the molecule is c1ccc(CN2CC3CNC(c4cccnc4)C3C2)cc1. The fraction of sp³-hybridized carbons (Fsp3) is 0.389. The summed E-state index contributed by atoms with van der Waals surface area (Å²) in [4.78, 5) is 6.88. The maximum absolute atomic E-state index is 4.28. The predicted molar refractivity (Wildman–Crippen MR) is 83.7 cm³/mol. The molecule has 0 spiro atoms. The highest BCUT2D eigenvalue weighted by atomic mass is 15.2. The molecule has 1 aromatic carbocycles. The first-order chi connectivity index (χ1) is 10.4. The van der Waals surface area contributed by atoms with Crippen molar-refractivity contribution in [3.8, 4) is 0 Å². The first-order valence-corrected chi connectivity index (χ1v) is 7.80. The van der Waals surface area contributed by atoms with Gasteiger partial charge in [0.2, 0.25) is 0 Å². The highest BCUT2D eigenvalue weighted by Crippen LogP contribution is 2.39. The third-order valence-electron chi connectivity index (χ3n) is 4.89. The van der Waals surface area contributed by atoms with Gasteiger partial charge < -0.3 is 5.32 Å². The van der Waals surface area contributed by atoms with Gasteiger partial charge >= 0.3 is 0 Å². The van der Waals surface area contributed by atoms with Crippen LogP contribution in [-0.2, 0) is 6.54 Å². The Morgan fingerprint density at radius 3 is 2.81 bits per heavy atom. The van der Waals surface area contributed by atoms with Gasteiger partial charge in [-0.25, -0.2) is 0 Å². The van der Waals surface area contributed by atoms with Gasteiger partial charge in [-0.2, -0.15) is 0 Å². The summed E-state index contributed by atoms with van der Waals surface area (Å²) in [5, 5.41) is 3.69. The van der Waals surface area contributed by atoms with E-state index in [1.54, 1.807) is 0 Å². The molecule has 2 aromatic rings. The number of benzene rings is 1. The van der Waals surface area contributed by atoms with Gasteiger partial charge in [0.25, 0.3) is 0 Å². The fourth-order valence-corrected chi connectivity index (χ4v) is 3.91. The summed E-state index contributed by atoms with van der Waals surface area (Å²) in [5.41, 5.74) is 2.76. The van der Waals surface area contributed by atoms with Gasteiger partial charge in [0.15, 0.2) is 0 Å². The lowest BCUT2D eigenvalue weighted by Gasteiger charge is -2.21. The average Bonchev–Trinajstić information content (AvgIpc) is 3.09. The summed E-state index contributed by atoms with van der Waals surface area (Å²) in [6.07, 6.45) is 3.87. The standard InChI is InChI=1S/C18H21N3/c1-2-5-14(6-3-1)11-21-12-16-10-20-18(17(16)13-21)15-7-4-8-19-9-15/h1-9,16-18,20H,10-13H2. The van der Waals surface area contributed by atoms with E-state index in [-0.39, 0.29) is 0 Å². The molecule has 108 valence electrons. The number of aromatic nitrogens is 1. The normalized spacial score (nSPS) is 28.7. The number of fused-ring (bicyclic) bond motifs is 1. The minimum Gasteiger partial charge on any atom is -0.309 e. The highest BCUT2D eigenvalue weighted by Gasteiger charge is 2.42. The molecule has 2 aliphatic heterocycles. The number of nitrogens with one attached hydrogen (secondary N) is 1. The molecule has 3 atom stereocenters. The lowest BCUT2D eigenvalue weighted by Crippen LogP contribution is -2.27. The van der Waals surface area contributed by atoms with Gasteiger partial charge in [-0.3, -0.25) is 9.88 Å². The summed E-state index contributed by atoms with van der Waals surface area (Å²) in [5.74, 6) is 1.50. The Hall–Kier alpha value is -1.71. The second-order valence-electron chi connectivity index (χ2n) is 6.28. The Morgan fingerprint density at radius 2 is 2.00 bits per heavy atom. The van der Waals surface area contributed by atoms with E-state index in [4.69, 9.17) is 0 Å². The molecule has 2 aliphatic rings. The van der Waals surface area contributed by atoms with Crippen LogP contribution in [0.2, 0.25) is 0 Å². The molecule has 3 unspecified atom stereocenters. The topological polar surface area (TPSA) is 28.2 Å². The van der Waals surface area contributed by atoms with Crippen molar-refractivity contribution < 1.29 is 0 Å². The van der Waals surface area contributed by atoms with Crippen LogP contribution in [0.3, 0.4) is 0 Å². The van der Waals surface area contributed by atoms with Crippen LogP contribution in [0.5, 0.6) is 0 Å². The first-order valence-electron chi connectivity index (χ1n) is 7.80. The van der Waals surface area contributed by atoms with E-state index in [1.165, 1.54) is 24.2 Å². The summed E-state index contributed by atoms with van der Waals surface area (Å²) in [6, 6.07) is 15.5. The van der Waals surface area contributed by atoms with Crippen LogP contribution in [0.25, 0.3) is 0 Å². The van der Waals surface area contributed by atoms with Crippen molar-refractivity contribution >= 4 is 0 Å². The molecule has 0 aliphatic carbocycles. The minimum absolute atomic E-state index is 0.476. The number of rotatable bonds is 3. The minimum atomic E-state index is 0.476. The Balaban J connectivity index is 1.46. The highest BCUT2D eigenvalue weighted by molar-refractivity contribution is 5.20. The Morgan fingerprint density at radius 1 is 1.10 bits per heavy atom. The molecule has 1 N–H and O–H groups in total. The Kier molecular flexibility index (Phi) is 3.45. The second kappa shape index (κ2) is 5.58. The molecular formula is C18H21N3. The van der Waals surface area contributed by atoms with Crippen molar-refractivity contribution in [3.05, 3.63) is 66.0 Å². The van der Waals surface area contributed by atoms with Crippen LogP contribution in [0.15, 0.2) is 54.9 Å². The summed E-state index contributed by atoms with van der Waals surface area (Å²) < 4.78 is 0.